The fraction of sp³-hybridized carbons (Fsp3) is 0.333. The lowest BCUT2D eigenvalue weighted by molar-refractivity contribution is -0.150. The summed E-state index contributed by atoms with van der Waals surface area (Å²) in [5, 5.41) is 11.2. The lowest BCUT2D eigenvalue weighted by atomic mass is 10.2. The Morgan fingerprint density at radius 2 is 1.94 bits per heavy atom. The summed E-state index contributed by atoms with van der Waals surface area (Å²) in [6.07, 6.45) is -0.987. The number of benzene rings is 1. The summed E-state index contributed by atoms with van der Waals surface area (Å²) in [5.74, 6) is -1.46. The number of carbonyl (C=O) groups is 2. The van der Waals surface area contributed by atoms with Gasteiger partial charge < -0.3 is 15.2 Å². The average Bonchev–Trinajstić information content (AvgIpc) is 2.29. The molecule has 1 rings (SSSR count). The Kier molecular flexibility index (Phi) is 4.66. The number of amides is 1. The lowest BCUT2D eigenvalue weighted by Gasteiger charge is -2.09. The van der Waals surface area contributed by atoms with Gasteiger partial charge in [-0.05, 0) is 26.0 Å². The molecule has 0 fully saturated rings. The molecule has 0 aliphatic carbocycles. The molecular weight excluding hydrogens is 222 g/mol. The van der Waals surface area contributed by atoms with E-state index in [0.717, 1.165) is 5.56 Å². The van der Waals surface area contributed by atoms with Crippen molar-refractivity contribution in [3.8, 4) is 0 Å². The van der Waals surface area contributed by atoms with Crippen LogP contribution in [0.4, 0.5) is 5.69 Å². The first-order valence-corrected chi connectivity index (χ1v) is 5.20. The van der Waals surface area contributed by atoms with E-state index in [4.69, 9.17) is 9.84 Å². The van der Waals surface area contributed by atoms with Gasteiger partial charge in [0.25, 0.3) is 0 Å². The summed E-state index contributed by atoms with van der Waals surface area (Å²) in [5.41, 5.74) is 1.76. The van der Waals surface area contributed by atoms with Gasteiger partial charge in [-0.15, -0.1) is 0 Å². The first-order valence-electron chi connectivity index (χ1n) is 5.20. The van der Waals surface area contributed by atoms with Gasteiger partial charge in [-0.25, -0.2) is 4.79 Å². The van der Waals surface area contributed by atoms with Crippen LogP contribution in [-0.4, -0.2) is 29.7 Å². The highest BCUT2D eigenvalue weighted by Crippen LogP contribution is 2.08. The normalized spacial score (nSPS) is 11.9. The van der Waals surface area contributed by atoms with E-state index in [0.29, 0.717) is 5.69 Å². The molecule has 0 heterocycles. The molecule has 5 nitrogen and oxygen atoms in total. The van der Waals surface area contributed by atoms with Crippen LogP contribution in [0.3, 0.4) is 0 Å². The predicted molar refractivity (Wildman–Crippen MR) is 62.9 cm³/mol. The minimum Gasteiger partial charge on any atom is -0.479 e. The Hall–Kier alpha value is -1.88. The Morgan fingerprint density at radius 1 is 1.35 bits per heavy atom. The van der Waals surface area contributed by atoms with Gasteiger partial charge in [0.15, 0.2) is 6.10 Å². The van der Waals surface area contributed by atoms with Crippen LogP contribution in [0.2, 0.25) is 0 Å². The molecule has 0 aliphatic heterocycles. The summed E-state index contributed by atoms with van der Waals surface area (Å²) < 4.78 is 4.85. The third kappa shape index (κ3) is 4.65. The topological polar surface area (TPSA) is 75.6 Å². The minimum absolute atomic E-state index is 0.276. The van der Waals surface area contributed by atoms with Crippen molar-refractivity contribution in [1.82, 2.24) is 0 Å². The maximum absolute atomic E-state index is 11.4. The van der Waals surface area contributed by atoms with E-state index in [9.17, 15) is 9.59 Å². The van der Waals surface area contributed by atoms with Gasteiger partial charge in [0.05, 0.1) is 0 Å². The number of hydrogen-bond donors (Lipinski definition) is 2. The van der Waals surface area contributed by atoms with Gasteiger partial charge in [0.2, 0.25) is 5.91 Å². The number of aryl methyl sites for hydroxylation is 1. The Balaban J connectivity index is 2.39. The van der Waals surface area contributed by atoms with Crippen molar-refractivity contribution in [1.29, 1.82) is 0 Å². The molecule has 0 saturated carbocycles. The van der Waals surface area contributed by atoms with Crippen LogP contribution in [0.1, 0.15) is 12.5 Å². The number of carboxylic acid groups (broad SMARTS) is 1. The maximum Gasteiger partial charge on any atom is 0.332 e. The molecule has 0 spiro atoms. The predicted octanol–water partition coefficient (Wildman–Crippen LogP) is 1.42. The number of anilines is 1. The van der Waals surface area contributed by atoms with Crippen LogP contribution >= 0.6 is 0 Å². The van der Waals surface area contributed by atoms with Crippen molar-refractivity contribution >= 4 is 17.6 Å². The molecule has 0 saturated heterocycles. The van der Waals surface area contributed by atoms with E-state index < -0.39 is 12.1 Å². The Morgan fingerprint density at radius 3 is 2.47 bits per heavy atom. The molecule has 1 atom stereocenters. The molecule has 1 unspecified atom stereocenters. The second-order valence-electron chi connectivity index (χ2n) is 3.71. The first kappa shape index (κ1) is 13.2. The minimum atomic E-state index is -1.09. The number of aliphatic carboxylic acids is 1. The Labute approximate surface area is 99.4 Å². The molecular formula is C12H15NO4. The van der Waals surface area contributed by atoms with Crippen LogP contribution in [0.15, 0.2) is 24.3 Å². The van der Waals surface area contributed by atoms with Crippen molar-refractivity contribution in [2.75, 3.05) is 11.9 Å². The van der Waals surface area contributed by atoms with Crippen LogP contribution in [0, 0.1) is 6.92 Å². The summed E-state index contributed by atoms with van der Waals surface area (Å²) in [6, 6.07) is 7.29. The first-order chi connectivity index (χ1) is 7.99. The molecule has 17 heavy (non-hydrogen) atoms. The molecule has 5 heteroatoms. The zero-order valence-electron chi connectivity index (χ0n) is 9.77. The lowest BCUT2D eigenvalue weighted by Crippen LogP contribution is -2.26. The number of rotatable bonds is 5. The van der Waals surface area contributed by atoms with Crippen LogP contribution in [-0.2, 0) is 14.3 Å². The molecule has 92 valence electrons. The maximum atomic E-state index is 11.4. The number of carbonyl (C=O) groups excluding carboxylic acids is 1. The van der Waals surface area contributed by atoms with Gasteiger partial charge in [-0.2, -0.15) is 0 Å². The summed E-state index contributed by atoms with van der Waals surface area (Å²) >= 11 is 0. The van der Waals surface area contributed by atoms with Crippen LogP contribution in [0.25, 0.3) is 0 Å². The number of nitrogens with one attached hydrogen (secondary N) is 1. The van der Waals surface area contributed by atoms with E-state index in [-0.39, 0.29) is 12.5 Å². The second-order valence-corrected chi connectivity index (χ2v) is 3.71. The molecule has 0 bridgehead atoms. The van der Waals surface area contributed by atoms with E-state index in [1.807, 2.05) is 19.1 Å². The SMILES string of the molecule is Cc1ccc(NC(=O)COC(C)C(=O)O)cc1. The van der Waals surface area contributed by atoms with Crippen molar-refractivity contribution < 1.29 is 19.4 Å². The van der Waals surface area contributed by atoms with Crippen molar-refractivity contribution in [3.05, 3.63) is 29.8 Å². The third-order valence-corrected chi connectivity index (χ3v) is 2.15. The average molecular weight is 237 g/mol. The second kappa shape index (κ2) is 6.00. The van der Waals surface area contributed by atoms with E-state index in [1.165, 1.54) is 6.92 Å². The van der Waals surface area contributed by atoms with Crippen LogP contribution < -0.4 is 5.32 Å². The summed E-state index contributed by atoms with van der Waals surface area (Å²) in [6.45, 7) is 3.05. The highest BCUT2D eigenvalue weighted by atomic mass is 16.5. The number of carboxylic acids is 1. The molecule has 2 N–H and O–H groups in total. The molecule has 1 aromatic rings. The molecule has 1 amide bonds. The standard InChI is InChI=1S/C12H15NO4/c1-8-3-5-10(6-4-8)13-11(14)7-17-9(2)12(15)16/h3-6,9H,7H2,1-2H3,(H,13,14)(H,15,16). The monoisotopic (exact) mass is 237 g/mol. The fourth-order valence-corrected chi connectivity index (χ4v) is 1.11. The van der Waals surface area contributed by atoms with Crippen LogP contribution in [0.5, 0.6) is 0 Å². The van der Waals surface area contributed by atoms with Crippen molar-refractivity contribution in [2.45, 2.75) is 20.0 Å². The molecule has 0 aromatic heterocycles. The molecule has 1 aromatic carbocycles. The van der Waals surface area contributed by atoms with Crippen molar-refractivity contribution in [2.24, 2.45) is 0 Å². The van der Waals surface area contributed by atoms with E-state index in [1.54, 1.807) is 12.1 Å². The zero-order valence-corrected chi connectivity index (χ0v) is 9.77. The van der Waals surface area contributed by atoms with Gasteiger partial charge >= 0.3 is 5.97 Å². The quantitative estimate of drug-likeness (QED) is 0.812. The van der Waals surface area contributed by atoms with Crippen molar-refractivity contribution in [3.63, 3.8) is 0 Å². The third-order valence-electron chi connectivity index (χ3n) is 2.15. The summed E-state index contributed by atoms with van der Waals surface area (Å²) in [4.78, 5) is 21.8. The van der Waals surface area contributed by atoms with Gasteiger partial charge in [-0.3, -0.25) is 4.79 Å². The van der Waals surface area contributed by atoms with E-state index >= 15 is 0 Å². The largest absolute Gasteiger partial charge is 0.479 e. The highest BCUT2D eigenvalue weighted by Gasteiger charge is 2.13. The number of ether oxygens (including phenoxy) is 1. The molecule has 0 radical (unpaired) electrons. The Bertz CT molecular complexity index is 399. The highest BCUT2D eigenvalue weighted by molar-refractivity contribution is 5.91. The molecule has 0 aliphatic rings. The summed E-state index contributed by atoms with van der Waals surface area (Å²) in [7, 11) is 0. The fourth-order valence-electron chi connectivity index (χ4n) is 1.11. The smallest absolute Gasteiger partial charge is 0.332 e. The van der Waals surface area contributed by atoms with Gasteiger partial charge in [0, 0.05) is 5.69 Å². The van der Waals surface area contributed by atoms with Gasteiger partial charge in [-0.1, -0.05) is 17.7 Å². The zero-order chi connectivity index (χ0) is 12.8. The van der Waals surface area contributed by atoms with E-state index in [2.05, 4.69) is 5.32 Å². The number of hydrogen-bond acceptors (Lipinski definition) is 3. The van der Waals surface area contributed by atoms with Gasteiger partial charge in [0.1, 0.15) is 6.61 Å².